The Morgan fingerprint density at radius 3 is 2.44 bits per heavy atom. The molecule has 0 atom stereocenters. The Balaban J connectivity index is 1.66. The third-order valence-electron chi connectivity index (χ3n) is 4.25. The molecule has 0 aromatic heterocycles. The van der Waals surface area contributed by atoms with Crippen LogP contribution in [0.4, 0.5) is 8.78 Å². The van der Waals surface area contributed by atoms with E-state index in [-0.39, 0.29) is 11.9 Å². The van der Waals surface area contributed by atoms with Crippen LogP contribution in [0.3, 0.4) is 0 Å². The molecule has 132 valence electrons. The van der Waals surface area contributed by atoms with Gasteiger partial charge in [0.15, 0.2) is 0 Å². The van der Waals surface area contributed by atoms with Gasteiger partial charge in [0.05, 0.1) is 20.2 Å². The molecule has 0 radical (unpaired) electrons. The number of carbonyl (C=O) groups excluding carboxylic acids is 1. The van der Waals surface area contributed by atoms with Gasteiger partial charge in [0, 0.05) is 12.1 Å². The number of hydrogen-bond donors (Lipinski definition) is 0. The molecule has 1 saturated heterocycles. The Labute approximate surface area is 145 Å². The van der Waals surface area contributed by atoms with E-state index in [1.54, 1.807) is 0 Å². The molecule has 1 heterocycles. The molecule has 4 nitrogen and oxygen atoms in total. The summed E-state index contributed by atoms with van der Waals surface area (Å²) in [6, 6.07) is 9.70. The first-order chi connectivity index (χ1) is 12.0. The van der Waals surface area contributed by atoms with E-state index in [4.69, 9.17) is 9.47 Å². The first kappa shape index (κ1) is 17.2. The summed E-state index contributed by atoms with van der Waals surface area (Å²) in [6.45, 7) is 2.62. The maximum Gasteiger partial charge on any atom is 0.260 e. The van der Waals surface area contributed by atoms with Crippen LogP contribution in [0.2, 0.25) is 0 Å². The number of benzene rings is 2. The summed E-state index contributed by atoms with van der Waals surface area (Å²) < 4.78 is 38.7. The molecular weight excluding hydrogens is 328 g/mol. The van der Waals surface area contributed by atoms with Crippen LogP contribution in [0.5, 0.6) is 11.5 Å². The van der Waals surface area contributed by atoms with Gasteiger partial charge in [0.2, 0.25) is 0 Å². The normalized spacial score (nSPS) is 14.2. The smallest absolute Gasteiger partial charge is 0.260 e. The summed E-state index contributed by atoms with van der Waals surface area (Å²) >= 11 is 0. The Morgan fingerprint density at radius 1 is 1.20 bits per heavy atom. The Bertz CT molecular complexity index is 765. The molecule has 2 aromatic carbocycles. The van der Waals surface area contributed by atoms with Gasteiger partial charge in [-0.1, -0.05) is 25.1 Å². The molecule has 1 fully saturated rings. The highest BCUT2D eigenvalue weighted by Gasteiger charge is 2.35. The van der Waals surface area contributed by atoms with Crippen molar-refractivity contribution < 1.29 is 23.0 Å². The zero-order valence-electron chi connectivity index (χ0n) is 14.1. The summed E-state index contributed by atoms with van der Waals surface area (Å²) in [6.07, 6.45) is 0.661. The average molecular weight is 347 g/mol. The van der Waals surface area contributed by atoms with Crippen LogP contribution in [0.1, 0.15) is 22.8 Å². The lowest BCUT2D eigenvalue weighted by atomic mass is 10.1. The largest absolute Gasteiger partial charge is 0.497 e. The number of likely N-dealkylation sites (tertiary alicyclic amines) is 1. The van der Waals surface area contributed by atoms with Crippen molar-refractivity contribution in [2.75, 3.05) is 20.2 Å². The second-order valence-corrected chi connectivity index (χ2v) is 5.88. The standard InChI is InChI=1S/C19H19F2NO3/c1-3-12-6-4-5-7-17(12)25-14-10-22(11-14)19(23)18-15(20)8-13(24-2)9-16(18)21/h4-9,14H,3,10-11H2,1-2H3. The van der Waals surface area contributed by atoms with Crippen LogP contribution >= 0.6 is 0 Å². The molecule has 0 spiro atoms. The fourth-order valence-corrected chi connectivity index (χ4v) is 2.80. The topological polar surface area (TPSA) is 38.8 Å². The predicted octanol–water partition coefficient (Wildman–Crippen LogP) is 3.44. The van der Waals surface area contributed by atoms with Crippen molar-refractivity contribution in [2.45, 2.75) is 19.4 Å². The van der Waals surface area contributed by atoms with Crippen molar-refractivity contribution in [2.24, 2.45) is 0 Å². The summed E-state index contributed by atoms with van der Waals surface area (Å²) in [7, 11) is 1.31. The van der Waals surface area contributed by atoms with Gasteiger partial charge in [-0.2, -0.15) is 0 Å². The second-order valence-electron chi connectivity index (χ2n) is 5.88. The number of ether oxygens (including phenoxy) is 2. The van der Waals surface area contributed by atoms with Crippen molar-refractivity contribution in [3.05, 3.63) is 59.2 Å². The van der Waals surface area contributed by atoms with Gasteiger partial charge in [0.1, 0.15) is 34.8 Å². The summed E-state index contributed by atoms with van der Waals surface area (Å²) in [4.78, 5) is 13.7. The molecule has 0 N–H and O–H groups in total. The van der Waals surface area contributed by atoms with E-state index < -0.39 is 23.1 Å². The summed E-state index contributed by atoms with van der Waals surface area (Å²) in [5.74, 6) is -1.72. The van der Waals surface area contributed by atoms with Gasteiger partial charge >= 0.3 is 0 Å². The van der Waals surface area contributed by atoms with Crippen LogP contribution in [-0.2, 0) is 6.42 Å². The molecule has 1 aliphatic heterocycles. The fraction of sp³-hybridized carbons (Fsp3) is 0.316. The van der Waals surface area contributed by atoms with Gasteiger partial charge in [-0.3, -0.25) is 4.79 Å². The van der Waals surface area contributed by atoms with Crippen molar-refractivity contribution >= 4 is 5.91 Å². The van der Waals surface area contributed by atoms with Crippen molar-refractivity contribution in [3.8, 4) is 11.5 Å². The third-order valence-corrected chi connectivity index (χ3v) is 4.25. The lowest BCUT2D eigenvalue weighted by Gasteiger charge is -2.39. The van der Waals surface area contributed by atoms with Gasteiger partial charge in [-0.25, -0.2) is 8.78 Å². The highest BCUT2D eigenvalue weighted by atomic mass is 19.1. The van der Waals surface area contributed by atoms with Gasteiger partial charge in [-0.05, 0) is 18.1 Å². The van der Waals surface area contributed by atoms with E-state index in [0.717, 1.165) is 29.9 Å². The van der Waals surface area contributed by atoms with E-state index in [2.05, 4.69) is 0 Å². The lowest BCUT2D eigenvalue weighted by molar-refractivity contribution is 0.0167. The Kier molecular flexibility index (Phi) is 4.88. The number of hydrogen-bond acceptors (Lipinski definition) is 3. The molecule has 0 saturated carbocycles. The summed E-state index contributed by atoms with van der Waals surface area (Å²) in [5.41, 5.74) is 0.521. The lowest BCUT2D eigenvalue weighted by Crippen LogP contribution is -2.56. The molecule has 1 amide bonds. The molecule has 0 unspecified atom stereocenters. The molecule has 0 bridgehead atoms. The van der Waals surface area contributed by atoms with Crippen molar-refractivity contribution in [1.29, 1.82) is 0 Å². The highest BCUT2D eigenvalue weighted by molar-refractivity contribution is 5.95. The number of methoxy groups -OCH3 is 1. The number of nitrogens with zero attached hydrogens (tertiary/aromatic N) is 1. The van der Waals surface area contributed by atoms with Crippen LogP contribution in [-0.4, -0.2) is 37.1 Å². The second kappa shape index (κ2) is 7.09. The van der Waals surface area contributed by atoms with Crippen LogP contribution in [0.25, 0.3) is 0 Å². The van der Waals surface area contributed by atoms with E-state index in [0.29, 0.717) is 13.1 Å². The molecule has 25 heavy (non-hydrogen) atoms. The number of aryl methyl sites for hydroxylation is 1. The molecule has 6 heteroatoms. The Morgan fingerprint density at radius 2 is 1.84 bits per heavy atom. The van der Waals surface area contributed by atoms with Crippen LogP contribution < -0.4 is 9.47 Å². The molecular formula is C19H19F2NO3. The molecule has 2 aromatic rings. The number of rotatable bonds is 5. The number of para-hydroxylation sites is 1. The van der Waals surface area contributed by atoms with E-state index in [9.17, 15) is 13.6 Å². The van der Waals surface area contributed by atoms with Crippen LogP contribution in [0.15, 0.2) is 36.4 Å². The van der Waals surface area contributed by atoms with Gasteiger partial charge in [0.25, 0.3) is 5.91 Å². The monoisotopic (exact) mass is 347 g/mol. The van der Waals surface area contributed by atoms with E-state index >= 15 is 0 Å². The number of amides is 1. The third kappa shape index (κ3) is 3.43. The van der Waals surface area contributed by atoms with Gasteiger partial charge in [-0.15, -0.1) is 0 Å². The molecule has 1 aliphatic rings. The maximum absolute atomic E-state index is 14.0. The SMILES string of the molecule is CCc1ccccc1OC1CN(C(=O)c2c(F)cc(OC)cc2F)C1. The molecule has 3 rings (SSSR count). The Hall–Kier alpha value is -2.63. The quantitative estimate of drug-likeness (QED) is 0.832. The molecule has 0 aliphatic carbocycles. The van der Waals surface area contributed by atoms with Crippen molar-refractivity contribution in [1.82, 2.24) is 4.90 Å². The number of halogens is 2. The van der Waals surface area contributed by atoms with E-state index in [1.165, 1.54) is 12.0 Å². The zero-order chi connectivity index (χ0) is 18.0. The fourth-order valence-electron chi connectivity index (χ4n) is 2.80. The highest BCUT2D eigenvalue weighted by Crippen LogP contribution is 2.26. The first-order valence-electron chi connectivity index (χ1n) is 8.10. The van der Waals surface area contributed by atoms with Crippen LogP contribution in [0, 0.1) is 11.6 Å². The maximum atomic E-state index is 14.0. The first-order valence-corrected chi connectivity index (χ1v) is 8.10. The zero-order valence-corrected chi connectivity index (χ0v) is 14.1. The van der Waals surface area contributed by atoms with E-state index in [1.807, 2.05) is 31.2 Å². The summed E-state index contributed by atoms with van der Waals surface area (Å²) in [5, 5.41) is 0. The minimum Gasteiger partial charge on any atom is -0.497 e. The average Bonchev–Trinajstić information content (AvgIpc) is 2.57. The minimum atomic E-state index is -0.928. The minimum absolute atomic E-state index is 0.0348. The van der Waals surface area contributed by atoms with Crippen molar-refractivity contribution in [3.63, 3.8) is 0 Å². The number of carbonyl (C=O) groups is 1. The van der Waals surface area contributed by atoms with Gasteiger partial charge < -0.3 is 14.4 Å². The predicted molar refractivity (Wildman–Crippen MR) is 89.0 cm³/mol.